The van der Waals surface area contributed by atoms with E-state index >= 15 is 0 Å². The predicted molar refractivity (Wildman–Crippen MR) is 72.0 cm³/mol. The third kappa shape index (κ3) is 3.10. The number of nitro groups is 1. The van der Waals surface area contributed by atoms with Crippen LogP contribution in [0.4, 0.5) is 15.8 Å². The number of carbonyl (C=O) groups is 1. The van der Waals surface area contributed by atoms with Gasteiger partial charge in [-0.25, -0.2) is 9.18 Å². The van der Waals surface area contributed by atoms with Crippen LogP contribution >= 0.6 is 0 Å². The summed E-state index contributed by atoms with van der Waals surface area (Å²) in [6.07, 6.45) is 0.858. The van der Waals surface area contributed by atoms with Crippen LogP contribution in [0, 0.1) is 21.8 Å². The average molecular weight is 298 g/mol. The number of hydrogen-bond donors (Lipinski definition) is 2. The lowest BCUT2D eigenvalue weighted by atomic mass is 9.82. The van der Waals surface area contributed by atoms with Gasteiger partial charge in [-0.3, -0.25) is 10.1 Å². The first kappa shape index (κ1) is 15.2. The van der Waals surface area contributed by atoms with Crippen LogP contribution in [0.15, 0.2) is 12.1 Å². The molecule has 0 aromatic heterocycles. The van der Waals surface area contributed by atoms with Gasteiger partial charge in [-0.2, -0.15) is 0 Å². The minimum absolute atomic E-state index is 0.0557. The molecule has 1 aromatic rings. The van der Waals surface area contributed by atoms with Crippen molar-refractivity contribution in [2.45, 2.75) is 18.9 Å². The molecule has 0 bridgehead atoms. The number of carboxylic acids is 1. The molecule has 1 fully saturated rings. The van der Waals surface area contributed by atoms with Crippen LogP contribution in [-0.4, -0.2) is 40.8 Å². The molecule has 0 aliphatic heterocycles. The van der Waals surface area contributed by atoms with E-state index in [9.17, 15) is 24.4 Å². The van der Waals surface area contributed by atoms with Crippen molar-refractivity contribution in [3.63, 3.8) is 0 Å². The van der Waals surface area contributed by atoms with Crippen molar-refractivity contribution in [1.82, 2.24) is 0 Å². The van der Waals surface area contributed by atoms with Gasteiger partial charge in [0.25, 0.3) is 5.69 Å². The minimum atomic E-state index is -1.48. The van der Waals surface area contributed by atoms with E-state index in [1.165, 1.54) is 4.90 Å². The molecule has 0 amide bonds. The van der Waals surface area contributed by atoms with Crippen molar-refractivity contribution < 1.29 is 24.3 Å². The Morgan fingerprint density at radius 3 is 2.62 bits per heavy atom. The number of anilines is 1. The normalized spacial score (nSPS) is 20.7. The standard InChI is InChI=1S/C13H15FN2O5/c1-15(6-7-2-8(17)3-7)11-4-9(13(18)19)10(14)5-12(11)16(20)21/h4-5,7-8,17H,2-3,6H2,1H3,(H,18,19). The predicted octanol–water partition coefficient (Wildman–Crippen LogP) is 1.64. The first-order valence-electron chi connectivity index (χ1n) is 6.40. The number of hydrogen-bond acceptors (Lipinski definition) is 5. The first-order valence-corrected chi connectivity index (χ1v) is 6.40. The van der Waals surface area contributed by atoms with Crippen molar-refractivity contribution in [1.29, 1.82) is 0 Å². The lowest BCUT2D eigenvalue weighted by molar-refractivity contribution is -0.384. The maximum absolute atomic E-state index is 13.6. The molecule has 2 rings (SSSR count). The van der Waals surface area contributed by atoms with Crippen LogP contribution in [0.1, 0.15) is 23.2 Å². The molecule has 1 saturated carbocycles. The van der Waals surface area contributed by atoms with Crippen molar-refractivity contribution in [3.05, 3.63) is 33.6 Å². The number of nitrogens with zero attached hydrogens (tertiary/aromatic N) is 2. The molecule has 2 N–H and O–H groups in total. The number of aliphatic hydroxyl groups excluding tert-OH is 1. The van der Waals surface area contributed by atoms with Gasteiger partial charge < -0.3 is 15.1 Å². The summed E-state index contributed by atoms with van der Waals surface area (Å²) in [5.41, 5.74) is -1.02. The molecular weight excluding hydrogens is 283 g/mol. The zero-order valence-corrected chi connectivity index (χ0v) is 11.3. The SMILES string of the molecule is CN(CC1CC(O)C1)c1cc(C(=O)O)c(F)cc1[N+](=O)[O-]. The van der Waals surface area contributed by atoms with Crippen LogP contribution in [0.25, 0.3) is 0 Å². The summed E-state index contributed by atoms with van der Waals surface area (Å²) in [6, 6.07) is 1.61. The molecule has 0 heterocycles. The maximum atomic E-state index is 13.6. The van der Waals surface area contributed by atoms with Crippen LogP contribution in [-0.2, 0) is 0 Å². The Morgan fingerprint density at radius 1 is 1.52 bits per heavy atom. The highest BCUT2D eigenvalue weighted by molar-refractivity contribution is 5.90. The van der Waals surface area contributed by atoms with Crippen LogP contribution in [0.2, 0.25) is 0 Å². The van der Waals surface area contributed by atoms with Gasteiger partial charge >= 0.3 is 5.97 Å². The number of aliphatic hydroxyl groups is 1. The second-order valence-electron chi connectivity index (χ2n) is 5.25. The van der Waals surface area contributed by atoms with Crippen molar-refractivity contribution in [2.75, 3.05) is 18.5 Å². The fourth-order valence-electron chi connectivity index (χ4n) is 2.50. The summed E-state index contributed by atoms with van der Waals surface area (Å²) in [5, 5.41) is 29.2. The molecule has 1 aromatic carbocycles. The summed E-state index contributed by atoms with van der Waals surface area (Å²) in [6.45, 7) is 0.433. The first-order chi connectivity index (χ1) is 9.79. The van der Waals surface area contributed by atoms with Gasteiger partial charge in [0.1, 0.15) is 11.5 Å². The number of benzene rings is 1. The van der Waals surface area contributed by atoms with E-state index < -0.39 is 28.0 Å². The smallest absolute Gasteiger partial charge is 0.338 e. The van der Waals surface area contributed by atoms with Crippen molar-refractivity contribution in [2.24, 2.45) is 5.92 Å². The Labute approximate surface area is 119 Å². The molecular formula is C13H15FN2O5. The Hall–Kier alpha value is -2.22. The molecule has 0 unspecified atom stereocenters. The van der Waals surface area contributed by atoms with E-state index in [1.807, 2.05) is 0 Å². The van der Waals surface area contributed by atoms with E-state index in [0.29, 0.717) is 25.5 Å². The average Bonchev–Trinajstić information content (AvgIpc) is 2.35. The maximum Gasteiger partial charge on any atom is 0.338 e. The highest BCUT2D eigenvalue weighted by atomic mass is 19.1. The molecule has 0 saturated heterocycles. The number of aromatic carboxylic acids is 1. The fraction of sp³-hybridized carbons (Fsp3) is 0.462. The van der Waals surface area contributed by atoms with Crippen LogP contribution < -0.4 is 4.90 Å². The highest BCUT2D eigenvalue weighted by Gasteiger charge is 2.30. The Balaban J connectivity index is 2.32. The number of nitro benzene ring substituents is 1. The molecule has 1 aliphatic carbocycles. The summed E-state index contributed by atoms with van der Waals surface area (Å²) < 4.78 is 13.6. The summed E-state index contributed by atoms with van der Waals surface area (Å²) >= 11 is 0. The fourth-order valence-corrected chi connectivity index (χ4v) is 2.50. The monoisotopic (exact) mass is 298 g/mol. The van der Waals surface area contributed by atoms with Gasteiger partial charge in [-0.1, -0.05) is 0 Å². The van der Waals surface area contributed by atoms with Gasteiger partial charge in [0, 0.05) is 13.6 Å². The molecule has 0 atom stereocenters. The topological polar surface area (TPSA) is 104 Å². The van der Waals surface area contributed by atoms with Gasteiger partial charge in [0.05, 0.1) is 22.7 Å². The number of halogens is 1. The lowest BCUT2D eigenvalue weighted by Gasteiger charge is -2.35. The van der Waals surface area contributed by atoms with E-state index in [4.69, 9.17) is 5.11 Å². The second-order valence-corrected chi connectivity index (χ2v) is 5.25. The highest BCUT2D eigenvalue weighted by Crippen LogP contribution is 2.34. The van der Waals surface area contributed by atoms with Gasteiger partial charge in [0.15, 0.2) is 0 Å². The Kier molecular flexibility index (Phi) is 4.08. The minimum Gasteiger partial charge on any atom is -0.478 e. The molecule has 21 heavy (non-hydrogen) atoms. The number of rotatable bonds is 5. The Morgan fingerprint density at radius 2 is 2.14 bits per heavy atom. The van der Waals surface area contributed by atoms with Crippen molar-refractivity contribution >= 4 is 17.3 Å². The molecule has 7 nitrogen and oxygen atoms in total. The van der Waals surface area contributed by atoms with Gasteiger partial charge in [-0.15, -0.1) is 0 Å². The second kappa shape index (κ2) is 5.65. The van der Waals surface area contributed by atoms with E-state index in [-0.39, 0.29) is 17.7 Å². The van der Waals surface area contributed by atoms with E-state index in [1.54, 1.807) is 7.05 Å². The van der Waals surface area contributed by atoms with E-state index in [0.717, 1.165) is 6.07 Å². The molecule has 8 heteroatoms. The van der Waals surface area contributed by atoms with Gasteiger partial charge in [0.2, 0.25) is 0 Å². The number of carboxylic acid groups (broad SMARTS) is 1. The third-order valence-corrected chi connectivity index (χ3v) is 3.65. The van der Waals surface area contributed by atoms with Crippen LogP contribution in [0.5, 0.6) is 0 Å². The molecule has 1 aliphatic rings. The molecule has 0 radical (unpaired) electrons. The van der Waals surface area contributed by atoms with E-state index in [2.05, 4.69) is 0 Å². The zero-order chi connectivity index (χ0) is 15.7. The lowest BCUT2D eigenvalue weighted by Crippen LogP contribution is -2.37. The molecule has 0 spiro atoms. The van der Waals surface area contributed by atoms with Crippen molar-refractivity contribution in [3.8, 4) is 0 Å². The van der Waals surface area contributed by atoms with Gasteiger partial charge in [-0.05, 0) is 24.8 Å². The van der Waals surface area contributed by atoms with Crippen LogP contribution in [0.3, 0.4) is 0 Å². The third-order valence-electron chi connectivity index (χ3n) is 3.65. The summed E-state index contributed by atoms with van der Waals surface area (Å²) in [5.74, 6) is -2.43. The summed E-state index contributed by atoms with van der Waals surface area (Å²) in [7, 11) is 1.58. The zero-order valence-electron chi connectivity index (χ0n) is 11.3. The molecule has 114 valence electrons. The quantitative estimate of drug-likeness (QED) is 0.632. The largest absolute Gasteiger partial charge is 0.478 e. The Bertz CT molecular complexity index is 586. The summed E-state index contributed by atoms with van der Waals surface area (Å²) in [4.78, 5) is 22.7.